The van der Waals surface area contributed by atoms with E-state index < -0.39 is 5.41 Å². The minimum atomic E-state index is -0.674. The van der Waals surface area contributed by atoms with Crippen molar-refractivity contribution in [1.82, 2.24) is 0 Å². The molecule has 0 saturated heterocycles. The van der Waals surface area contributed by atoms with Crippen LogP contribution in [0.5, 0.6) is 0 Å². The van der Waals surface area contributed by atoms with E-state index in [0.29, 0.717) is 24.3 Å². The minimum Gasteiger partial charge on any atom is -0.411 e. The SMILES string of the molecule is CCC(CC)(/C(=N/O)c1ccccc1)/C(=N/O)c1ccccc1. The van der Waals surface area contributed by atoms with Crippen molar-refractivity contribution in [2.24, 2.45) is 15.7 Å². The van der Waals surface area contributed by atoms with Gasteiger partial charge in [0.25, 0.3) is 0 Å². The Bertz CT molecular complexity index is 618. The van der Waals surface area contributed by atoms with Crippen LogP contribution in [0.15, 0.2) is 71.0 Å². The fourth-order valence-electron chi connectivity index (χ4n) is 3.08. The fraction of sp³-hybridized carbons (Fsp3) is 0.263. The highest BCUT2D eigenvalue weighted by atomic mass is 16.4. The molecule has 0 heterocycles. The number of nitrogens with zero attached hydrogens (tertiary/aromatic N) is 2. The maximum atomic E-state index is 9.72. The van der Waals surface area contributed by atoms with Crippen LogP contribution < -0.4 is 0 Å². The van der Waals surface area contributed by atoms with Crippen molar-refractivity contribution < 1.29 is 10.4 Å². The second-order valence-electron chi connectivity index (χ2n) is 5.42. The number of oxime groups is 2. The number of benzene rings is 2. The van der Waals surface area contributed by atoms with E-state index in [1.807, 2.05) is 74.5 Å². The summed E-state index contributed by atoms with van der Waals surface area (Å²) in [5, 5.41) is 26.6. The second kappa shape index (κ2) is 7.58. The number of hydrogen-bond acceptors (Lipinski definition) is 4. The van der Waals surface area contributed by atoms with Gasteiger partial charge in [-0.2, -0.15) is 0 Å². The maximum Gasteiger partial charge on any atom is 0.0990 e. The molecule has 0 fully saturated rings. The molecule has 0 radical (unpaired) electrons. The van der Waals surface area contributed by atoms with Gasteiger partial charge in [0.1, 0.15) is 0 Å². The van der Waals surface area contributed by atoms with Gasteiger partial charge in [0.2, 0.25) is 0 Å². The van der Waals surface area contributed by atoms with E-state index in [4.69, 9.17) is 0 Å². The fourth-order valence-corrected chi connectivity index (χ4v) is 3.08. The third-order valence-electron chi connectivity index (χ3n) is 4.41. The van der Waals surface area contributed by atoms with Gasteiger partial charge in [-0.15, -0.1) is 0 Å². The van der Waals surface area contributed by atoms with Gasteiger partial charge >= 0.3 is 0 Å². The highest BCUT2D eigenvalue weighted by molar-refractivity contribution is 6.23. The molecular formula is C19H22N2O2. The lowest BCUT2D eigenvalue weighted by Crippen LogP contribution is -2.40. The third-order valence-corrected chi connectivity index (χ3v) is 4.41. The largest absolute Gasteiger partial charge is 0.411 e. The summed E-state index contributed by atoms with van der Waals surface area (Å²) >= 11 is 0. The summed E-state index contributed by atoms with van der Waals surface area (Å²) in [4.78, 5) is 0. The molecule has 4 nitrogen and oxygen atoms in total. The van der Waals surface area contributed by atoms with Crippen LogP contribution in [0.4, 0.5) is 0 Å². The molecule has 0 aliphatic rings. The second-order valence-corrected chi connectivity index (χ2v) is 5.42. The van der Waals surface area contributed by atoms with Crippen LogP contribution in [-0.2, 0) is 0 Å². The van der Waals surface area contributed by atoms with Gasteiger partial charge in [-0.1, -0.05) is 84.8 Å². The average Bonchev–Trinajstić information content (AvgIpc) is 2.63. The molecular weight excluding hydrogens is 288 g/mol. The Balaban J connectivity index is 2.63. The summed E-state index contributed by atoms with van der Waals surface area (Å²) < 4.78 is 0. The van der Waals surface area contributed by atoms with Crippen molar-refractivity contribution in [2.45, 2.75) is 26.7 Å². The van der Waals surface area contributed by atoms with Crippen LogP contribution in [0, 0.1) is 5.41 Å². The molecule has 0 aliphatic heterocycles. The lowest BCUT2D eigenvalue weighted by Gasteiger charge is -2.33. The van der Waals surface area contributed by atoms with E-state index in [0.717, 1.165) is 11.1 Å². The zero-order chi connectivity index (χ0) is 16.7. The summed E-state index contributed by atoms with van der Waals surface area (Å²) in [6.07, 6.45) is 1.29. The monoisotopic (exact) mass is 310 g/mol. The number of hydrogen-bond donors (Lipinski definition) is 2. The summed E-state index contributed by atoms with van der Waals surface area (Å²) in [5.41, 5.74) is 1.98. The van der Waals surface area contributed by atoms with Crippen LogP contribution in [-0.4, -0.2) is 21.8 Å². The molecule has 2 aromatic carbocycles. The Hall–Kier alpha value is -2.62. The highest BCUT2D eigenvalue weighted by Crippen LogP contribution is 2.36. The van der Waals surface area contributed by atoms with Crippen molar-refractivity contribution in [2.75, 3.05) is 0 Å². The van der Waals surface area contributed by atoms with Crippen molar-refractivity contribution in [3.05, 3.63) is 71.8 Å². The van der Waals surface area contributed by atoms with Crippen molar-refractivity contribution in [3.63, 3.8) is 0 Å². The van der Waals surface area contributed by atoms with E-state index >= 15 is 0 Å². The Morgan fingerprint density at radius 2 is 1.09 bits per heavy atom. The van der Waals surface area contributed by atoms with Gasteiger partial charge in [-0.25, -0.2) is 0 Å². The van der Waals surface area contributed by atoms with Crippen LogP contribution in [0.2, 0.25) is 0 Å². The van der Waals surface area contributed by atoms with E-state index in [1.54, 1.807) is 0 Å². The lowest BCUT2D eigenvalue weighted by molar-refractivity contribution is 0.301. The van der Waals surface area contributed by atoms with Crippen LogP contribution in [0.25, 0.3) is 0 Å². The molecule has 0 atom stereocenters. The molecule has 0 amide bonds. The predicted molar refractivity (Wildman–Crippen MR) is 92.5 cm³/mol. The van der Waals surface area contributed by atoms with Gasteiger partial charge in [0, 0.05) is 11.1 Å². The van der Waals surface area contributed by atoms with Crippen LogP contribution in [0.1, 0.15) is 37.8 Å². The predicted octanol–water partition coefficient (Wildman–Crippen LogP) is 4.55. The van der Waals surface area contributed by atoms with Gasteiger partial charge in [-0.05, 0) is 12.8 Å². The van der Waals surface area contributed by atoms with E-state index in [1.165, 1.54) is 0 Å². The molecule has 120 valence electrons. The Morgan fingerprint density at radius 1 is 0.739 bits per heavy atom. The quantitative estimate of drug-likeness (QED) is 0.467. The number of rotatable bonds is 6. The first-order valence-electron chi connectivity index (χ1n) is 7.79. The van der Waals surface area contributed by atoms with Crippen molar-refractivity contribution in [3.8, 4) is 0 Å². The Morgan fingerprint density at radius 3 is 1.35 bits per heavy atom. The highest BCUT2D eigenvalue weighted by Gasteiger charge is 2.40. The molecule has 0 saturated carbocycles. The normalized spacial score (nSPS) is 13.1. The molecule has 0 spiro atoms. The van der Waals surface area contributed by atoms with E-state index in [-0.39, 0.29) is 0 Å². The average molecular weight is 310 g/mol. The van der Waals surface area contributed by atoms with Gasteiger partial charge in [0.15, 0.2) is 0 Å². The summed E-state index contributed by atoms with van der Waals surface area (Å²) in [7, 11) is 0. The maximum absolute atomic E-state index is 9.72. The molecule has 0 aromatic heterocycles. The molecule has 0 aliphatic carbocycles. The molecule has 2 N–H and O–H groups in total. The first-order chi connectivity index (χ1) is 11.2. The third kappa shape index (κ3) is 3.11. The van der Waals surface area contributed by atoms with E-state index in [9.17, 15) is 10.4 Å². The molecule has 0 unspecified atom stereocenters. The topological polar surface area (TPSA) is 65.2 Å². The zero-order valence-corrected chi connectivity index (χ0v) is 13.5. The summed E-state index contributed by atoms with van der Waals surface area (Å²) in [6, 6.07) is 19.0. The summed E-state index contributed by atoms with van der Waals surface area (Å²) in [5.74, 6) is 0. The van der Waals surface area contributed by atoms with Crippen molar-refractivity contribution >= 4 is 11.4 Å². The molecule has 0 bridgehead atoms. The first kappa shape index (κ1) is 16.7. The Kier molecular flexibility index (Phi) is 5.52. The van der Waals surface area contributed by atoms with Crippen molar-refractivity contribution in [1.29, 1.82) is 0 Å². The molecule has 2 aromatic rings. The summed E-state index contributed by atoms with van der Waals surface area (Å²) in [6.45, 7) is 4.01. The van der Waals surface area contributed by atoms with Gasteiger partial charge in [-0.3, -0.25) is 0 Å². The molecule has 23 heavy (non-hydrogen) atoms. The minimum absolute atomic E-state index is 0.514. The standard InChI is InChI=1S/C19H22N2O2/c1-3-19(4-2,17(20-22)15-11-7-5-8-12-15)18(21-23)16-13-9-6-10-14-16/h5-14,22-23H,3-4H2,1-2H3/b20-17+,21-18+. The lowest BCUT2D eigenvalue weighted by atomic mass is 9.69. The molecule has 4 heteroatoms. The molecule has 2 rings (SSSR count). The van der Waals surface area contributed by atoms with E-state index in [2.05, 4.69) is 10.3 Å². The smallest absolute Gasteiger partial charge is 0.0990 e. The van der Waals surface area contributed by atoms with Gasteiger partial charge < -0.3 is 10.4 Å². The van der Waals surface area contributed by atoms with Gasteiger partial charge in [0.05, 0.1) is 16.8 Å². The first-order valence-corrected chi connectivity index (χ1v) is 7.79. The zero-order valence-electron chi connectivity index (χ0n) is 13.5. The Labute approximate surface area is 136 Å². The van der Waals surface area contributed by atoms with Crippen LogP contribution in [0.3, 0.4) is 0 Å². The van der Waals surface area contributed by atoms with Crippen LogP contribution >= 0.6 is 0 Å².